The van der Waals surface area contributed by atoms with Crippen molar-refractivity contribution in [2.45, 2.75) is 11.8 Å². The molecule has 0 spiro atoms. The fourth-order valence-corrected chi connectivity index (χ4v) is 3.02. The second-order valence-corrected chi connectivity index (χ2v) is 6.62. The van der Waals surface area contributed by atoms with E-state index in [9.17, 15) is 14.9 Å². The van der Waals surface area contributed by atoms with Gasteiger partial charge >= 0.3 is 0 Å². The summed E-state index contributed by atoms with van der Waals surface area (Å²) in [4.78, 5) is 23.4. The molecule has 8 heteroatoms. The van der Waals surface area contributed by atoms with Crippen LogP contribution in [0.25, 0.3) is 0 Å². The Morgan fingerprint density at radius 2 is 2.08 bits per heavy atom. The van der Waals surface area contributed by atoms with Crippen molar-refractivity contribution in [2.75, 3.05) is 18.9 Å². The quantitative estimate of drug-likeness (QED) is 0.321. The van der Waals surface area contributed by atoms with E-state index >= 15 is 0 Å². The van der Waals surface area contributed by atoms with Gasteiger partial charge in [0.25, 0.3) is 11.6 Å². The first kappa shape index (κ1) is 19.1. The smallest absolute Gasteiger partial charge is 0.283 e. The Morgan fingerprint density at radius 3 is 2.76 bits per heavy atom. The van der Waals surface area contributed by atoms with Crippen LogP contribution < -0.4 is 10.1 Å². The molecule has 0 atom stereocenters. The Bertz CT molecular complexity index is 770. The van der Waals surface area contributed by atoms with E-state index < -0.39 is 4.92 Å². The molecule has 0 aliphatic carbocycles. The fourth-order valence-electron chi connectivity index (χ4n) is 2.07. The number of nitrogens with one attached hydrogen (secondary N) is 1. The average Bonchev–Trinajstić information content (AvgIpc) is 2.60. The van der Waals surface area contributed by atoms with Crippen molar-refractivity contribution in [3.05, 3.63) is 63.2 Å². The minimum absolute atomic E-state index is 0.0631. The van der Waals surface area contributed by atoms with Crippen molar-refractivity contribution in [1.29, 1.82) is 0 Å². The van der Waals surface area contributed by atoms with E-state index in [0.717, 1.165) is 0 Å². The molecule has 0 radical (unpaired) electrons. The molecule has 0 aliphatic heterocycles. The van der Waals surface area contributed by atoms with Gasteiger partial charge in [-0.05, 0) is 30.0 Å². The van der Waals surface area contributed by atoms with Crippen LogP contribution in [-0.4, -0.2) is 29.7 Å². The maximum absolute atomic E-state index is 12.1. The summed E-state index contributed by atoms with van der Waals surface area (Å²) in [6, 6.07) is 11.5. The first-order valence-electron chi connectivity index (χ1n) is 7.59. The van der Waals surface area contributed by atoms with Gasteiger partial charge in [-0.3, -0.25) is 14.9 Å². The van der Waals surface area contributed by atoms with Crippen LogP contribution in [0.5, 0.6) is 5.75 Å². The standard InChI is InChI=1S/C17H17ClN2O4S/c1-2-25-16-8-7-12(11-14(16)20(22)23)17(21)19-9-10-24-15-6-4-3-5-13(15)18/h3-8,11H,2,9-10H2,1H3,(H,19,21). The molecule has 0 heterocycles. The number of amides is 1. The van der Waals surface area contributed by atoms with Gasteiger partial charge in [0.1, 0.15) is 12.4 Å². The molecule has 1 amide bonds. The summed E-state index contributed by atoms with van der Waals surface area (Å²) >= 11 is 7.34. The SMILES string of the molecule is CCSc1ccc(C(=O)NCCOc2ccccc2Cl)cc1[N+](=O)[O-]. The monoisotopic (exact) mass is 380 g/mol. The highest BCUT2D eigenvalue weighted by molar-refractivity contribution is 7.99. The van der Waals surface area contributed by atoms with E-state index in [4.69, 9.17) is 16.3 Å². The Hall–Kier alpha value is -2.25. The molecule has 0 saturated carbocycles. The summed E-state index contributed by atoms with van der Waals surface area (Å²) in [6.07, 6.45) is 0. The van der Waals surface area contributed by atoms with Crippen LogP contribution in [0.2, 0.25) is 5.02 Å². The van der Waals surface area contributed by atoms with E-state index in [-0.39, 0.29) is 30.3 Å². The number of thioether (sulfide) groups is 1. The number of para-hydroxylation sites is 1. The molecule has 2 rings (SSSR count). The summed E-state index contributed by atoms with van der Waals surface area (Å²) in [7, 11) is 0. The minimum atomic E-state index is -0.477. The highest BCUT2D eigenvalue weighted by atomic mass is 35.5. The average molecular weight is 381 g/mol. The summed E-state index contributed by atoms with van der Waals surface area (Å²) < 4.78 is 5.48. The second kappa shape index (κ2) is 9.29. The Balaban J connectivity index is 1.93. The number of ether oxygens (including phenoxy) is 1. The molecular formula is C17H17ClN2O4S. The van der Waals surface area contributed by atoms with E-state index in [0.29, 0.717) is 21.4 Å². The maximum atomic E-state index is 12.1. The van der Waals surface area contributed by atoms with Crippen molar-refractivity contribution in [3.8, 4) is 5.75 Å². The van der Waals surface area contributed by atoms with Crippen molar-refractivity contribution in [1.82, 2.24) is 5.32 Å². The van der Waals surface area contributed by atoms with Gasteiger partial charge in [-0.2, -0.15) is 0 Å². The lowest BCUT2D eigenvalue weighted by atomic mass is 10.2. The zero-order valence-electron chi connectivity index (χ0n) is 13.5. The number of nitro benzene ring substituents is 1. The molecule has 6 nitrogen and oxygen atoms in total. The predicted molar refractivity (Wildman–Crippen MR) is 98.8 cm³/mol. The van der Waals surface area contributed by atoms with E-state index in [1.54, 1.807) is 36.4 Å². The topological polar surface area (TPSA) is 81.5 Å². The summed E-state index contributed by atoms with van der Waals surface area (Å²) in [5.41, 5.74) is 0.178. The molecule has 25 heavy (non-hydrogen) atoms. The summed E-state index contributed by atoms with van der Waals surface area (Å²) in [6.45, 7) is 2.40. The van der Waals surface area contributed by atoms with E-state index in [2.05, 4.69) is 5.32 Å². The maximum Gasteiger partial charge on any atom is 0.283 e. The Kier molecular flexibility index (Phi) is 7.09. The number of carbonyl (C=O) groups is 1. The van der Waals surface area contributed by atoms with Gasteiger partial charge in [0.15, 0.2) is 0 Å². The largest absolute Gasteiger partial charge is 0.490 e. The molecule has 0 saturated heterocycles. The van der Waals surface area contributed by atoms with Crippen LogP contribution in [0.4, 0.5) is 5.69 Å². The van der Waals surface area contributed by atoms with Crippen LogP contribution in [0, 0.1) is 10.1 Å². The molecule has 0 fully saturated rings. The third kappa shape index (κ3) is 5.37. The lowest BCUT2D eigenvalue weighted by Crippen LogP contribution is -2.28. The third-order valence-electron chi connectivity index (χ3n) is 3.20. The van der Waals surface area contributed by atoms with Crippen molar-refractivity contribution < 1.29 is 14.5 Å². The van der Waals surface area contributed by atoms with Crippen LogP contribution in [-0.2, 0) is 0 Å². The Morgan fingerprint density at radius 1 is 1.32 bits per heavy atom. The van der Waals surface area contributed by atoms with Gasteiger partial charge in [0, 0.05) is 11.6 Å². The number of hydrogen-bond acceptors (Lipinski definition) is 5. The van der Waals surface area contributed by atoms with E-state index in [1.807, 2.05) is 6.92 Å². The Labute approximate surface area is 154 Å². The van der Waals surface area contributed by atoms with Gasteiger partial charge in [-0.25, -0.2) is 0 Å². The van der Waals surface area contributed by atoms with Gasteiger partial charge < -0.3 is 10.1 Å². The molecule has 0 aromatic heterocycles. The lowest BCUT2D eigenvalue weighted by Gasteiger charge is -2.09. The number of rotatable bonds is 8. The van der Waals surface area contributed by atoms with Gasteiger partial charge in [0.2, 0.25) is 0 Å². The molecule has 2 aromatic carbocycles. The summed E-state index contributed by atoms with van der Waals surface area (Å²) in [5.74, 6) is 0.861. The number of nitrogens with zero attached hydrogens (tertiary/aromatic N) is 1. The van der Waals surface area contributed by atoms with Gasteiger partial charge in [-0.15, -0.1) is 11.8 Å². The van der Waals surface area contributed by atoms with Crippen LogP contribution in [0.3, 0.4) is 0 Å². The van der Waals surface area contributed by atoms with Crippen molar-refractivity contribution in [3.63, 3.8) is 0 Å². The number of halogens is 1. The molecule has 132 valence electrons. The van der Waals surface area contributed by atoms with Gasteiger partial charge in [-0.1, -0.05) is 30.7 Å². The highest BCUT2D eigenvalue weighted by Gasteiger charge is 2.17. The normalized spacial score (nSPS) is 10.3. The fraction of sp³-hybridized carbons (Fsp3) is 0.235. The molecule has 1 N–H and O–H groups in total. The molecular weight excluding hydrogens is 364 g/mol. The number of carbonyl (C=O) groups excluding carboxylic acids is 1. The first-order valence-corrected chi connectivity index (χ1v) is 8.96. The second-order valence-electron chi connectivity index (χ2n) is 4.91. The lowest BCUT2D eigenvalue weighted by molar-refractivity contribution is -0.387. The zero-order valence-corrected chi connectivity index (χ0v) is 15.1. The number of hydrogen-bond donors (Lipinski definition) is 1. The van der Waals surface area contributed by atoms with Gasteiger partial charge in [0.05, 0.1) is 21.4 Å². The van der Waals surface area contributed by atoms with Crippen molar-refractivity contribution >= 4 is 35.0 Å². The van der Waals surface area contributed by atoms with Crippen LogP contribution >= 0.6 is 23.4 Å². The molecule has 2 aromatic rings. The first-order chi connectivity index (χ1) is 12.0. The zero-order chi connectivity index (χ0) is 18.2. The van der Waals surface area contributed by atoms with Crippen LogP contribution in [0.1, 0.15) is 17.3 Å². The number of benzene rings is 2. The minimum Gasteiger partial charge on any atom is -0.490 e. The molecule has 0 unspecified atom stereocenters. The molecule has 0 aliphatic rings. The molecule has 0 bridgehead atoms. The van der Waals surface area contributed by atoms with Crippen LogP contribution in [0.15, 0.2) is 47.4 Å². The van der Waals surface area contributed by atoms with Crippen molar-refractivity contribution in [2.24, 2.45) is 0 Å². The third-order valence-corrected chi connectivity index (χ3v) is 4.46. The summed E-state index contributed by atoms with van der Waals surface area (Å²) in [5, 5.41) is 14.3. The van der Waals surface area contributed by atoms with E-state index in [1.165, 1.54) is 17.8 Å². The predicted octanol–water partition coefficient (Wildman–Crippen LogP) is 4.17. The number of nitro groups is 1. The highest BCUT2D eigenvalue weighted by Crippen LogP contribution is 2.29.